The Morgan fingerprint density at radius 3 is 2.65 bits per heavy atom. The normalized spacial score (nSPS) is 38.1. The van der Waals surface area contributed by atoms with Crippen LogP contribution in [0.3, 0.4) is 0 Å². The maximum atomic E-state index is 13.1. The van der Waals surface area contributed by atoms with Crippen LogP contribution in [-0.4, -0.2) is 34.7 Å². The summed E-state index contributed by atoms with van der Waals surface area (Å²) >= 11 is 0. The van der Waals surface area contributed by atoms with Crippen LogP contribution in [0.4, 0.5) is 0 Å². The number of carboxylic acid groups (broad SMARTS) is 1. The number of carbonyl (C=O) groups is 2. The number of aliphatic carboxylic acids is 1. The van der Waals surface area contributed by atoms with E-state index in [0.717, 1.165) is 25.8 Å². The summed E-state index contributed by atoms with van der Waals surface area (Å²) in [6, 6.07) is 2.42. The van der Waals surface area contributed by atoms with E-state index in [-0.39, 0.29) is 35.6 Å². The van der Waals surface area contributed by atoms with Gasteiger partial charge in [0.2, 0.25) is 5.91 Å². The third-order valence-corrected chi connectivity index (χ3v) is 8.61. The fraction of sp³-hybridized carbons (Fsp3) is 0.783. The Morgan fingerprint density at radius 1 is 1.23 bits per heavy atom. The van der Waals surface area contributed by atoms with E-state index in [4.69, 9.17) is 4.52 Å². The fourth-order valence-electron chi connectivity index (χ4n) is 7.39. The van der Waals surface area contributed by atoms with Crippen LogP contribution < -0.4 is 10.6 Å². The fourth-order valence-corrected chi connectivity index (χ4v) is 7.39. The quantitative estimate of drug-likeness (QED) is 0.587. The lowest BCUT2D eigenvalue weighted by atomic mass is 9.78. The molecule has 1 aromatic rings. The molecule has 172 valence electrons. The van der Waals surface area contributed by atoms with E-state index >= 15 is 0 Å². The van der Waals surface area contributed by atoms with Crippen molar-refractivity contribution in [2.24, 2.45) is 35.0 Å². The average molecular weight is 452 g/mol. The SMILES string of the molecule is Cc1cc(CNC(=O)[C@H]2[C@H](C(=O)O)[C@H]3CC[C@@H]2[C@@]32CC2CCC2CCCCN2)no1.Cl. The summed E-state index contributed by atoms with van der Waals surface area (Å²) in [4.78, 5) is 25.3. The minimum absolute atomic E-state index is 0. The molecule has 2 unspecified atom stereocenters. The van der Waals surface area contributed by atoms with Crippen LogP contribution in [0.25, 0.3) is 0 Å². The summed E-state index contributed by atoms with van der Waals surface area (Å²) in [5, 5.41) is 20.5. The Labute approximate surface area is 189 Å². The number of piperidine rings is 1. The van der Waals surface area contributed by atoms with Gasteiger partial charge in [0, 0.05) is 12.1 Å². The summed E-state index contributed by atoms with van der Waals surface area (Å²) in [6.45, 7) is 3.23. The molecule has 1 aliphatic heterocycles. The predicted octanol–water partition coefficient (Wildman–Crippen LogP) is 3.31. The van der Waals surface area contributed by atoms with Gasteiger partial charge in [0.1, 0.15) is 11.5 Å². The van der Waals surface area contributed by atoms with Gasteiger partial charge in [-0.15, -0.1) is 12.4 Å². The number of hydrogen-bond acceptors (Lipinski definition) is 5. The van der Waals surface area contributed by atoms with Crippen LogP contribution in [0.15, 0.2) is 10.6 Å². The Bertz CT molecular complexity index is 823. The molecule has 2 heterocycles. The van der Waals surface area contributed by atoms with E-state index in [1.54, 1.807) is 6.07 Å². The lowest BCUT2D eigenvalue weighted by Gasteiger charge is -2.26. The third kappa shape index (κ3) is 3.88. The van der Waals surface area contributed by atoms with Gasteiger partial charge in [0.15, 0.2) is 0 Å². The van der Waals surface area contributed by atoms with Gasteiger partial charge in [-0.2, -0.15) is 0 Å². The zero-order valence-electron chi connectivity index (χ0n) is 18.1. The molecule has 1 aromatic heterocycles. The Balaban J connectivity index is 0.00000231. The van der Waals surface area contributed by atoms with E-state index in [2.05, 4.69) is 15.8 Å². The molecule has 4 aliphatic rings. The number of nitrogens with zero attached hydrogens (tertiary/aromatic N) is 1. The first-order chi connectivity index (χ1) is 14.5. The minimum Gasteiger partial charge on any atom is -0.481 e. The van der Waals surface area contributed by atoms with E-state index in [0.29, 0.717) is 30.0 Å². The Morgan fingerprint density at radius 2 is 2.00 bits per heavy atom. The first-order valence-corrected chi connectivity index (χ1v) is 11.7. The van der Waals surface area contributed by atoms with Gasteiger partial charge in [0.05, 0.1) is 18.4 Å². The van der Waals surface area contributed by atoms with Gasteiger partial charge in [0.25, 0.3) is 0 Å². The van der Waals surface area contributed by atoms with Crippen LogP contribution >= 0.6 is 12.4 Å². The lowest BCUT2D eigenvalue weighted by molar-refractivity contribution is -0.149. The van der Waals surface area contributed by atoms with Gasteiger partial charge in [-0.3, -0.25) is 9.59 Å². The molecule has 3 saturated carbocycles. The molecule has 1 spiro atoms. The smallest absolute Gasteiger partial charge is 0.307 e. The zero-order valence-corrected chi connectivity index (χ0v) is 19.0. The molecule has 5 rings (SSSR count). The highest BCUT2D eigenvalue weighted by Crippen LogP contribution is 2.78. The predicted molar refractivity (Wildman–Crippen MR) is 117 cm³/mol. The second-order valence-corrected chi connectivity index (χ2v) is 10.1. The molecule has 7 nitrogen and oxygen atoms in total. The third-order valence-electron chi connectivity index (χ3n) is 8.61. The van der Waals surface area contributed by atoms with Crippen molar-refractivity contribution in [1.29, 1.82) is 0 Å². The molecule has 4 fully saturated rings. The van der Waals surface area contributed by atoms with Crippen LogP contribution in [0.2, 0.25) is 0 Å². The average Bonchev–Trinajstić information content (AvgIpc) is 2.97. The molecule has 31 heavy (non-hydrogen) atoms. The van der Waals surface area contributed by atoms with Crippen molar-refractivity contribution < 1.29 is 19.2 Å². The lowest BCUT2D eigenvalue weighted by Crippen LogP contribution is -2.41. The van der Waals surface area contributed by atoms with Gasteiger partial charge >= 0.3 is 5.97 Å². The maximum absolute atomic E-state index is 13.1. The minimum atomic E-state index is -0.793. The number of carbonyl (C=O) groups excluding carboxylic acids is 1. The molecule has 1 saturated heterocycles. The van der Waals surface area contributed by atoms with Crippen molar-refractivity contribution in [2.45, 2.75) is 70.9 Å². The Kier molecular flexibility index (Phi) is 6.37. The Hall–Kier alpha value is -1.60. The molecule has 3 N–H and O–H groups in total. The van der Waals surface area contributed by atoms with Crippen LogP contribution in [0.5, 0.6) is 0 Å². The van der Waals surface area contributed by atoms with E-state index in [9.17, 15) is 14.7 Å². The van der Waals surface area contributed by atoms with Crippen molar-refractivity contribution in [3.63, 3.8) is 0 Å². The van der Waals surface area contributed by atoms with E-state index in [1.165, 1.54) is 32.1 Å². The van der Waals surface area contributed by atoms with Crippen LogP contribution in [0, 0.1) is 41.9 Å². The largest absolute Gasteiger partial charge is 0.481 e. The number of halogens is 1. The van der Waals surface area contributed by atoms with Crippen molar-refractivity contribution >= 4 is 24.3 Å². The van der Waals surface area contributed by atoms with Crippen molar-refractivity contribution in [3.05, 3.63) is 17.5 Å². The van der Waals surface area contributed by atoms with Crippen LogP contribution in [0.1, 0.15) is 62.8 Å². The second-order valence-electron chi connectivity index (χ2n) is 10.1. The van der Waals surface area contributed by atoms with Gasteiger partial charge in [-0.25, -0.2) is 0 Å². The number of rotatable bonds is 7. The number of hydrogen-bond donors (Lipinski definition) is 3. The van der Waals surface area contributed by atoms with Crippen molar-refractivity contribution in [1.82, 2.24) is 15.8 Å². The number of nitrogens with one attached hydrogen (secondary N) is 2. The summed E-state index contributed by atoms with van der Waals surface area (Å²) in [5.41, 5.74) is 0.777. The standard InChI is InChI=1S/C23H33N3O4.ClH/c1-13-10-16(26-30-13)12-25-21(27)19-17-7-8-18(20(19)22(28)29)23(17)11-14(23)5-6-15-4-2-3-9-24-15;/h10,14-15,17-20,24H,2-9,11-12H2,1H3,(H,25,27)(H,28,29);1H/t14?,15?,17-,18+,19+,20+,23-;/m0./s1. The monoisotopic (exact) mass is 451 g/mol. The number of amides is 1. The van der Waals surface area contributed by atoms with E-state index in [1.807, 2.05) is 6.92 Å². The van der Waals surface area contributed by atoms with Crippen molar-refractivity contribution in [3.8, 4) is 0 Å². The van der Waals surface area contributed by atoms with Crippen LogP contribution in [-0.2, 0) is 16.1 Å². The molecule has 0 radical (unpaired) electrons. The maximum Gasteiger partial charge on any atom is 0.307 e. The molecular weight excluding hydrogens is 418 g/mol. The molecular formula is C23H34ClN3O4. The highest BCUT2D eigenvalue weighted by molar-refractivity contribution is 5.87. The molecule has 2 bridgehead atoms. The zero-order chi connectivity index (χ0) is 20.9. The van der Waals surface area contributed by atoms with Crippen molar-refractivity contribution in [2.75, 3.05) is 6.54 Å². The second kappa shape index (κ2) is 8.74. The summed E-state index contributed by atoms with van der Waals surface area (Å²) < 4.78 is 5.06. The first kappa shape index (κ1) is 22.6. The highest BCUT2D eigenvalue weighted by Gasteiger charge is 2.75. The van der Waals surface area contributed by atoms with Gasteiger partial charge in [-0.1, -0.05) is 11.6 Å². The molecule has 1 amide bonds. The summed E-state index contributed by atoms with van der Waals surface area (Å²) in [6.07, 6.45) is 9.28. The number of carboxylic acids is 1. The molecule has 8 heteroatoms. The summed E-state index contributed by atoms with van der Waals surface area (Å²) in [7, 11) is 0. The first-order valence-electron chi connectivity index (χ1n) is 11.7. The van der Waals surface area contributed by atoms with Gasteiger partial charge < -0.3 is 20.3 Å². The molecule has 7 atom stereocenters. The summed E-state index contributed by atoms with van der Waals surface area (Å²) in [5.74, 6) is -0.187. The topological polar surface area (TPSA) is 104 Å². The molecule has 3 aliphatic carbocycles. The number of aromatic nitrogens is 1. The number of aryl methyl sites for hydroxylation is 1. The van der Waals surface area contributed by atoms with Gasteiger partial charge in [-0.05, 0) is 81.6 Å². The van der Waals surface area contributed by atoms with E-state index < -0.39 is 17.8 Å². The molecule has 0 aromatic carbocycles. The highest BCUT2D eigenvalue weighted by atomic mass is 35.5.